The Balaban J connectivity index is 3.36. The fourth-order valence-electron chi connectivity index (χ4n) is 1.74. The second-order valence-electron chi connectivity index (χ2n) is 4.40. The van der Waals surface area contributed by atoms with Crippen LogP contribution in [0.2, 0.25) is 0 Å². The summed E-state index contributed by atoms with van der Waals surface area (Å²) in [5.74, 6) is -10.8. The van der Waals surface area contributed by atoms with Crippen molar-refractivity contribution in [1.82, 2.24) is 0 Å². The Morgan fingerprint density at radius 3 is 2.38 bits per heavy atom. The molecule has 1 rings (SSSR count). The highest BCUT2D eigenvalue weighted by Gasteiger charge is 2.82. The van der Waals surface area contributed by atoms with Gasteiger partial charge in [0.05, 0.1) is 6.26 Å². The Kier molecular flexibility index (Phi) is 4.54. The van der Waals surface area contributed by atoms with E-state index < -0.39 is 42.9 Å². The second kappa shape index (κ2) is 5.41. The van der Waals surface area contributed by atoms with Crippen LogP contribution in [0.1, 0.15) is 13.8 Å². The number of hydrogen-bond acceptors (Lipinski definition) is 5. The van der Waals surface area contributed by atoms with Crippen molar-refractivity contribution in [2.45, 2.75) is 37.3 Å². The summed E-state index contributed by atoms with van der Waals surface area (Å²) in [5.41, 5.74) is -2.75. The normalized spacial score (nSPS) is 32.3. The Labute approximate surface area is 116 Å². The molecule has 0 aromatic rings. The van der Waals surface area contributed by atoms with Gasteiger partial charge in [0.15, 0.2) is 12.4 Å². The van der Waals surface area contributed by atoms with E-state index in [2.05, 4.69) is 25.5 Å². The van der Waals surface area contributed by atoms with Crippen LogP contribution in [0.5, 0.6) is 0 Å². The monoisotopic (exact) mass is 320 g/mol. The summed E-state index contributed by atoms with van der Waals surface area (Å²) < 4.78 is 85.1. The van der Waals surface area contributed by atoms with E-state index in [0.29, 0.717) is 13.8 Å². The largest absolute Gasteiger partial charge is 0.499 e. The maximum absolute atomic E-state index is 14.4. The minimum absolute atomic E-state index is 0.556. The molecule has 1 fully saturated rings. The van der Waals surface area contributed by atoms with E-state index in [1.54, 1.807) is 0 Å². The molecule has 2 unspecified atom stereocenters. The van der Waals surface area contributed by atoms with Gasteiger partial charge in [-0.2, -0.15) is 22.0 Å². The molecular weight excluding hydrogens is 307 g/mol. The SMILES string of the molecule is C=COCC1(C)OCOC(OC(C)=O)(C(F)(F)F)C1(F)F. The topological polar surface area (TPSA) is 54.0 Å². The van der Waals surface area contributed by atoms with Crippen LogP contribution in [0.3, 0.4) is 0 Å². The zero-order valence-corrected chi connectivity index (χ0v) is 11.1. The first-order chi connectivity index (χ1) is 9.43. The summed E-state index contributed by atoms with van der Waals surface area (Å²) in [4.78, 5) is 10.9. The van der Waals surface area contributed by atoms with E-state index in [-0.39, 0.29) is 0 Å². The van der Waals surface area contributed by atoms with Crippen LogP contribution in [0.15, 0.2) is 12.8 Å². The maximum atomic E-state index is 14.4. The zero-order valence-electron chi connectivity index (χ0n) is 11.1. The van der Waals surface area contributed by atoms with Crippen molar-refractivity contribution in [1.29, 1.82) is 0 Å². The molecule has 0 bridgehead atoms. The van der Waals surface area contributed by atoms with Gasteiger partial charge >= 0.3 is 23.9 Å². The lowest BCUT2D eigenvalue weighted by atomic mass is 9.89. The summed E-state index contributed by atoms with van der Waals surface area (Å²) in [6, 6.07) is 0. The lowest BCUT2D eigenvalue weighted by molar-refractivity contribution is -0.499. The van der Waals surface area contributed by atoms with Crippen LogP contribution < -0.4 is 0 Å². The molecule has 0 amide bonds. The molecule has 1 saturated heterocycles. The first-order valence-corrected chi connectivity index (χ1v) is 5.58. The molecule has 0 N–H and O–H groups in total. The van der Waals surface area contributed by atoms with E-state index in [4.69, 9.17) is 0 Å². The third kappa shape index (κ3) is 2.69. The van der Waals surface area contributed by atoms with Crippen LogP contribution in [0, 0.1) is 0 Å². The number of alkyl halides is 5. The van der Waals surface area contributed by atoms with Crippen LogP contribution in [0.25, 0.3) is 0 Å². The van der Waals surface area contributed by atoms with Crippen molar-refractivity contribution in [3.05, 3.63) is 12.8 Å². The van der Waals surface area contributed by atoms with Crippen molar-refractivity contribution in [2.75, 3.05) is 13.4 Å². The number of esters is 1. The predicted molar refractivity (Wildman–Crippen MR) is 57.1 cm³/mol. The Hall–Kier alpha value is -1.42. The highest BCUT2D eigenvalue weighted by molar-refractivity contribution is 5.66. The molecular formula is C11H13F5O5. The van der Waals surface area contributed by atoms with Crippen molar-refractivity contribution in [3.8, 4) is 0 Å². The molecule has 0 spiro atoms. The molecule has 0 saturated carbocycles. The van der Waals surface area contributed by atoms with E-state index in [9.17, 15) is 26.7 Å². The summed E-state index contributed by atoms with van der Waals surface area (Å²) in [6.45, 7) is 2.22. The van der Waals surface area contributed by atoms with Crippen LogP contribution >= 0.6 is 0 Å². The van der Waals surface area contributed by atoms with Gasteiger partial charge in [0.1, 0.15) is 6.61 Å². The smallest absolute Gasteiger partial charge is 0.462 e. The van der Waals surface area contributed by atoms with Gasteiger partial charge in [-0.15, -0.1) is 0 Å². The Morgan fingerprint density at radius 1 is 1.38 bits per heavy atom. The van der Waals surface area contributed by atoms with Crippen molar-refractivity contribution in [2.24, 2.45) is 0 Å². The first kappa shape index (κ1) is 17.6. The Bertz CT molecular complexity index is 424. The number of carbonyl (C=O) groups is 1. The van der Waals surface area contributed by atoms with Crippen molar-refractivity contribution in [3.63, 3.8) is 0 Å². The average Bonchev–Trinajstić information content (AvgIpc) is 2.31. The molecule has 2 atom stereocenters. The van der Waals surface area contributed by atoms with E-state index >= 15 is 0 Å². The number of halogens is 5. The third-order valence-electron chi connectivity index (χ3n) is 2.85. The van der Waals surface area contributed by atoms with Gasteiger partial charge in [0.2, 0.25) is 0 Å². The predicted octanol–water partition coefficient (Wildman–Crippen LogP) is 2.37. The van der Waals surface area contributed by atoms with Crippen molar-refractivity contribution < 1.29 is 45.7 Å². The molecule has 1 aliphatic heterocycles. The third-order valence-corrected chi connectivity index (χ3v) is 2.85. The fourth-order valence-corrected chi connectivity index (χ4v) is 1.74. The van der Waals surface area contributed by atoms with Gasteiger partial charge in [-0.1, -0.05) is 6.58 Å². The summed E-state index contributed by atoms with van der Waals surface area (Å²) in [5, 5.41) is 0. The highest BCUT2D eigenvalue weighted by Crippen LogP contribution is 2.54. The molecule has 21 heavy (non-hydrogen) atoms. The standard InChI is InChI=1S/C11H13F5O5/c1-4-18-5-8(3)9(12,13)10(11(14,15)16,20-6-19-8)21-7(2)17/h4H,1,5-6H2,2-3H3. The lowest BCUT2D eigenvalue weighted by Gasteiger charge is -2.50. The number of carbonyl (C=O) groups excluding carboxylic acids is 1. The number of hydrogen-bond donors (Lipinski definition) is 0. The van der Waals surface area contributed by atoms with E-state index in [1.807, 2.05) is 0 Å². The highest BCUT2D eigenvalue weighted by atomic mass is 19.4. The quantitative estimate of drug-likeness (QED) is 0.452. The lowest BCUT2D eigenvalue weighted by Crippen LogP contribution is -2.75. The van der Waals surface area contributed by atoms with Crippen LogP contribution in [0.4, 0.5) is 22.0 Å². The number of rotatable bonds is 4. The molecule has 0 aromatic carbocycles. The van der Waals surface area contributed by atoms with Crippen molar-refractivity contribution >= 4 is 5.97 Å². The second-order valence-corrected chi connectivity index (χ2v) is 4.40. The van der Waals surface area contributed by atoms with Crippen LogP contribution in [-0.2, 0) is 23.7 Å². The first-order valence-electron chi connectivity index (χ1n) is 5.58. The van der Waals surface area contributed by atoms with Gasteiger partial charge in [0, 0.05) is 6.92 Å². The molecule has 0 radical (unpaired) electrons. The average molecular weight is 320 g/mol. The van der Waals surface area contributed by atoms with Gasteiger partial charge in [-0.05, 0) is 6.92 Å². The van der Waals surface area contributed by atoms with Crippen LogP contribution in [-0.4, -0.2) is 42.9 Å². The van der Waals surface area contributed by atoms with E-state index in [0.717, 1.165) is 6.26 Å². The zero-order chi connectivity index (χ0) is 16.5. The molecule has 1 aliphatic rings. The molecule has 122 valence electrons. The Morgan fingerprint density at radius 2 is 1.95 bits per heavy atom. The summed E-state index contributed by atoms with van der Waals surface area (Å²) in [6.07, 6.45) is -4.93. The minimum atomic E-state index is -5.69. The van der Waals surface area contributed by atoms with Gasteiger partial charge in [0.25, 0.3) is 0 Å². The molecule has 0 aromatic heterocycles. The molecule has 0 aliphatic carbocycles. The van der Waals surface area contributed by atoms with Gasteiger partial charge < -0.3 is 18.9 Å². The summed E-state index contributed by atoms with van der Waals surface area (Å²) >= 11 is 0. The van der Waals surface area contributed by atoms with E-state index in [1.165, 1.54) is 0 Å². The maximum Gasteiger partial charge on any atom is 0.462 e. The summed E-state index contributed by atoms with van der Waals surface area (Å²) in [7, 11) is 0. The minimum Gasteiger partial charge on any atom is -0.499 e. The van der Waals surface area contributed by atoms with Gasteiger partial charge in [-0.3, -0.25) is 4.79 Å². The van der Waals surface area contributed by atoms with Gasteiger partial charge in [-0.25, -0.2) is 0 Å². The molecule has 10 heteroatoms. The fraction of sp³-hybridized carbons (Fsp3) is 0.727. The molecule has 1 heterocycles. The molecule has 5 nitrogen and oxygen atoms in total. The number of ether oxygens (including phenoxy) is 4.